The molecule has 4 aromatic rings. The zero-order valence-corrected chi connectivity index (χ0v) is 25.6. The van der Waals surface area contributed by atoms with Crippen molar-refractivity contribution in [1.82, 2.24) is 0 Å². The van der Waals surface area contributed by atoms with Crippen LogP contribution in [0.25, 0.3) is 0 Å². The quantitative estimate of drug-likeness (QED) is 0.273. The van der Waals surface area contributed by atoms with Gasteiger partial charge in [0.05, 0.1) is 20.1 Å². The molecule has 0 spiro atoms. The summed E-state index contributed by atoms with van der Waals surface area (Å²) in [7, 11) is 0. The Labute approximate surface area is 260 Å². The maximum absolute atomic E-state index is 6.86. The topological polar surface area (TPSA) is 0 Å². The molecule has 4 aromatic carbocycles. The molecule has 0 nitrogen and oxygen atoms in total. The van der Waals surface area contributed by atoms with Gasteiger partial charge in [-0.15, -0.1) is 0 Å². The van der Waals surface area contributed by atoms with Gasteiger partial charge in [0.25, 0.3) is 0 Å². The summed E-state index contributed by atoms with van der Waals surface area (Å²) in [5.41, 5.74) is 2.56. The summed E-state index contributed by atoms with van der Waals surface area (Å²) in [6, 6.07) is 21.5. The minimum Gasteiger partial charge on any atom is -0.175 e. The van der Waals surface area contributed by atoms with Gasteiger partial charge >= 0.3 is 29.6 Å². The van der Waals surface area contributed by atoms with Crippen molar-refractivity contribution in [1.29, 1.82) is 0 Å². The second kappa shape index (κ2) is 11.8. The Morgan fingerprint density at radius 2 is 0.559 bits per heavy atom. The van der Waals surface area contributed by atoms with Gasteiger partial charge < -0.3 is 0 Å². The van der Waals surface area contributed by atoms with E-state index in [-0.39, 0.29) is 29.6 Å². The molecule has 0 aromatic heterocycles. The molecule has 0 aliphatic rings. The van der Waals surface area contributed by atoms with Crippen molar-refractivity contribution < 1.29 is 29.6 Å². The number of rotatable bonds is 4. The van der Waals surface area contributed by atoms with E-state index in [1.807, 2.05) is 24.3 Å². The number of hydrogen-bond acceptors (Lipinski definition) is 0. The van der Waals surface area contributed by atoms with Gasteiger partial charge in [-0.2, -0.15) is 21.9 Å². The van der Waals surface area contributed by atoms with E-state index in [9.17, 15) is 0 Å². The smallest absolute Gasteiger partial charge is 0.175 e. The standard InChI is InChI=1S/C24H12BCl8.Na/c26-17-9-1-5-13(21(17)30)25(14-6-2-10-18(27)22(14)31,15-7-3-11-19(28)23(15)32)16-8-4-12-20(29)24(16)33;/h1-12H;/q-1;+1. The predicted molar refractivity (Wildman–Crippen MR) is 150 cm³/mol. The Hall–Kier alpha value is 0.265. The van der Waals surface area contributed by atoms with Crippen molar-refractivity contribution in [2.75, 3.05) is 0 Å². The average molecular weight is 618 g/mol. The van der Waals surface area contributed by atoms with E-state index in [4.69, 9.17) is 92.8 Å². The first-order valence-corrected chi connectivity index (χ1v) is 12.7. The Morgan fingerprint density at radius 1 is 0.353 bits per heavy atom. The molecule has 0 fully saturated rings. The second-order valence-electron chi connectivity index (χ2n) is 7.44. The van der Waals surface area contributed by atoms with E-state index in [0.29, 0.717) is 62.0 Å². The van der Waals surface area contributed by atoms with Gasteiger partial charge in [-0.25, -0.2) is 0 Å². The maximum Gasteiger partial charge on any atom is 1.00 e. The summed E-state index contributed by atoms with van der Waals surface area (Å²) in [4.78, 5) is 0. The second-order valence-corrected chi connectivity index (χ2v) is 10.6. The van der Waals surface area contributed by atoms with Crippen LogP contribution in [0, 0.1) is 0 Å². The first kappa shape index (κ1) is 28.8. The van der Waals surface area contributed by atoms with E-state index < -0.39 is 6.15 Å². The summed E-state index contributed by atoms with van der Waals surface area (Å²) in [6.07, 6.45) is -2.26. The summed E-state index contributed by atoms with van der Waals surface area (Å²) in [5.74, 6) is 0. The van der Waals surface area contributed by atoms with Crippen LogP contribution in [0.2, 0.25) is 40.2 Å². The van der Waals surface area contributed by atoms with E-state index in [1.165, 1.54) is 0 Å². The first-order valence-electron chi connectivity index (χ1n) is 9.64. The van der Waals surface area contributed by atoms with Gasteiger partial charge in [0.15, 0.2) is 0 Å². The molecule has 0 unspecified atom stereocenters. The molecule has 10 heteroatoms. The molecule has 0 heterocycles. The van der Waals surface area contributed by atoms with E-state index in [2.05, 4.69) is 0 Å². The van der Waals surface area contributed by atoms with Crippen molar-refractivity contribution >= 4 is 121 Å². The molecule has 0 atom stereocenters. The number of hydrogen-bond donors (Lipinski definition) is 0. The molecule has 0 aliphatic carbocycles. The van der Waals surface area contributed by atoms with Crippen molar-refractivity contribution in [3.05, 3.63) is 113 Å². The van der Waals surface area contributed by atoms with Gasteiger partial charge in [-0.3, -0.25) is 0 Å². The van der Waals surface area contributed by atoms with Gasteiger partial charge in [0.1, 0.15) is 6.15 Å². The fourth-order valence-electron chi connectivity index (χ4n) is 4.42. The van der Waals surface area contributed by atoms with Crippen LogP contribution in [0.5, 0.6) is 0 Å². The van der Waals surface area contributed by atoms with E-state index in [0.717, 1.165) is 0 Å². The van der Waals surface area contributed by atoms with Crippen LogP contribution in [0.4, 0.5) is 0 Å². The number of halogens is 8. The van der Waals surface area contributed by atoms with E-state index in [1.54, 1.807) is 48.5 Å². The molecule has 34 heavy (non-hydrogen) atoms. The monoisotopic (exact) mass is 614 g/mol. The van der Waals surface area contributed by atoms with Gasteiger partial charge in [-0.1, -0.05) is 141 Å². The fraction of sp³-hybridized carbons (Fsp3) is 0. The van der Waals surface area contributed by atoms with Crippen LogP contribution in [0.3, 0.4) is 0 Å². The Bertz CT molecular complexity index is 1160. The minimum atomic E-state index is -2.26. The Kier molecular flexibility index (Phi) is 9.97. The normalized spacial score (nSPS) is 11.3. The molecule has 0 saturated heterocycles. The molecule has 0 aliphatic heterocycles. The third kappa shape index (κ3) is 4.90. The summed E-state index contributed by atoms with van der Waals surface area (Å²) in [6.45, 7) is 0. The largest absolute Gasteiger partial charge is 1.00 e. The van der Waals surface area contributed by atoms with Crippen LogP contribution >= 0.6 is 92.8 Å². The third-order valence-electron chi connectivity index (χ3n) is 5.79. The zero-order valence-electron chi connectivity index (χ0n) is 17.5. The maximum atomic E-state index is 6.86. The fourth-order valence-corrected chi connectivity index (χ4v) is 6.31. The van der Waals surface area contributed by atoms with Crippen LogP contribution < -0.4 is 51.4 Å². The molecule has 0 N–H and O–H groups in total. The van der Waals surface area contributed by atoms with Crippen LogP contribution in [0.1, 0.15) is 0 Å². The molecule has 4 rings (SSSR count). The predicted octanol–water partition coefficient (Wildman–Crippen LogP) is 5.30. The van der Waals surface area contributed by atoms with Gasteiger partial charge in [-0.05, 0) is 24.3 Å². The van der Waals surface area contributed by atoms with Crippen molar-refractivity contribution in [2.45, 2.75) is 0 Å². The summed E-state index contributed by atoms with van der Waals surface area (Å²) < 4.78 is 0. The Morgan fingerprint density at radius 3 is 0.765 bits per heavy atom. The minimum absolute atomic E-state index is 0. The van der Waals surface area contributed by atoms with Gasteiger partial charge in [0, 0.05) is 20.1 Å². The molecule has 0 radical (unpaired) electrons. The zero-order chi connectivity index (χ0) is 23.9. The van der Waals surface area contributed by atoms with Crippen LogP contribution in [-0.4, -0.2) is 6.15 Å². The molecule has 0 bridgehead atoms. The Balaban J connectivity index is 0.00000324. The first-order chi connectivity index (χ1) is 15.7. The molecule has 0 amide bonds. The molecule has 168 valence electrons. The molecule has 0 saturated carbocycles. The SMILES string of the molecule is Clc1cccc([B-](c2cccc(Cl)c2Cl)(c2cccc(Cl)c2Cl)c2cccc(Cl)c2Cl)c1Cl.[Na+]. The van der Waals surface area contributed by atoms with Crippen molar-refractivity contribution in [3.63, 3.8) is 0 Å². The van der Waals surface area contributed by atoms with Crippen molar-refractivity contribution in [2.24, 2.45) is 0 Å². The molecular formula is C24H12BCl8Na. The average Bonchev–Trinajstić information content (AvgIpc) is 2.79. The number of benzene rings is 4. The van der Waals surface area contributed by atoms with Crippen molar-refractivity contribution in [3.8, 4) is 0 Å². The van der Waals surface area contributed by atoms with E-state index >= 15 is 0 Å². The third-order valence-corrected chi connectivity index (χ3v) is 9.13. The van der Waals surface area contributed by atoms with Crippen LogP contribution in [-0.2, 0) is 0 Å². The molecular weight excluding hydrogens is 606 g/mol. The van der Waals surface area contributed by atoms with Crippen LogP contribution in [0.15, 0.2) is 72.8 Å². The van der Waals surface area contributed by atoms with Gasteiger partial charge in [0.2, 0.25) is 0 Å². The summed E-state index contributed by atoms with van der Waals surface area (Å²) in [5, 5.41) is 2.71. The summed E-state index contributed by atoms with van der Waals surface area (Å²) >= 11 is 53.4.